The van der Waals surface area contributed by atoms with Gasteiger partial charge in [0.15, 0.2) is 0 Å². The maximum absolute atomic E-state index is 12.1. The van der Waals surface area contributed by atoms with Gasteiger partial charge < -0.3 is 12.9 Å². The van der Waals surface area contributed by atoms with Crippen molar-refractivity contribution < 1.29 is 69.3 Å². The topological polar surface area (TPSA) is 43.1 Å². The molecule has 3 nitrogen and oxygen atoms in total. The average molecular weight is 322 g/mol. The van der Waals surface area contributed by atoms with Gasteiger partial charge in [0.2, 0.25) is 0 Å². The normalized spacial score (nSPS) is 10.8. The average Bonchev–Trinajstić information content (AvgIpc) is 2.05. The maximum Gasteiger partial charge on any atom is 1.00 e. The molecule has 0 unspecified atom stereocenters. The van der Waals surface area contributed by atoms with Crippen molar-refractivity contribution in [1.29, 1.82) is 0 Å². The summed E-state index contributed by atoms with van der Waals surface area (Å²) in [5.41, 5.74) is -0.820. The fourth-order valence-corrected chi connectivity index (χ4v) is 1.48. The Hall–Kier alpha value is 0.591. The monoisotopic (exact) mass is 321 g/mol. The second-order valence-corrected chi connectivity index (χ2v) is 3.86. The summed E-state index contributed by atoms with van der Waals surface area (Å²) in [5.74, 6) is 0. The minimum Gasteiger partial charge on any atom is -0.449 e. The third kappa shape index (κ3) is 5.28. The van der Waals surface area contributed by atoms with Crippen molar-refractivity contribution in [3.05, 3.63) is 38.3 Å². The van der Waals surface area contributed by atoms with Gasteiger partial charge in [-0.05, 0) is 6.07 Å². The Labute approximate surface area is 141 Å². The van der Waals surface area contributed by atoms with Crippen LogP contribution >= 0.6 is 15.9 Å². The van der Waals surface area contributed by atoms with Crippen LogP contribution in [0.1, 0.15) is 5.56 Å². The molecule has 0 heterocycles. The van der Waals surface area contributed by atoms with Crippen molar-refractivity contribution >= 4 is 28.6 Å². The molecule has 0 bridgehead atoms. The molecule has 0 aliphatic carbocycles. The van der Waals surface area contributed by atoms with Gasteiger partial charge in [0.25, 0.3) is 5.69 Å². The third-order valence-electron chi connectivity index (χ3n) is 1.70. The molecule has 0 fully saturated rings. The Morgan fingerprint density at radius 1 is 1.38 bits per heavy atom. The number of nitro benzene ring substituents is 1. The quantitative estimate of drug-likeness (QED) is 0.456. The summed E-state index contributed by atoms with van der Waals surface area (Å²) >= 11 is 2.96. The Morgan fingerprint density at radius 2 is 1.94 bits per heavy atom. The van der Waals surface area contributed by atoms with Crippen LogP contribution < -0.4 is 51.4 Å². The summed E-state index contributed by atoms with van der Waals surface area (Å²) in [6.45, 7) is -5.06. The van der Waals surface area contributed by atoms with Gasteiger partial charge in [-0.3, -0.25) is 10.1 Å². The van der Waals surface area contributed by atoms with E-state index in [1.807, 2.05) is 0 Å². The first-order valence-corrected chi connectivity index (χ1v) is 4.73. The van der Waals surface area contributed by atoms with Crippen molar-refractivity contribution in [2.45, 2.75) is 6.32 Å². The summed E-state index contributed by atoms with van der Waals surface area (Å²) in [6, 6.07) is 3.53. The second-order valence-electron chi connectivity index (χ2n) is 2.94. The molecular formula is C7H5BBrF3KNO2. The minimum absolute atomic E-state index is 0. The zero-order chi connectivity index (χ0) is 11.6. The molecule has 0 aliphatic rings. The van der Waals surface area contributed by atoms with Gasteiger partial charge in [-0.1, -0.05) is 28.3 Å². The van der Waals surface area contributed by atoms with Crippen molar-refractivity contribution in [3.63, 3.8) is 0 Å². The Balaban J connectivity index is 0.00000225. The van der Waals surface area contributed by atoms with Crippen LogP contribution in [0, 0.1) is 10.1 Å². The van der Waals surface area contributed by atoms with Gasteiger partial charge in [-0.15, -0.1) is 0 Å². The first-order valence-electron chi connectivity index (χ1n) is 3.93. The minimum atomic E-state index is -5.06. The van der Waals surface area contributed by atoms with Gasteiger partial charge in [0, 0.05) is 16.1 Å². The molecular weight excluding hydrogens is 317 g/mol. The van der Waals surface area contributed by atoms with Crippen molar-refractivity contribution in [1.82, 2.24) is 0 Å². The van der Waals surface area contributed by atoms with Gasteiger partial charge in [-0.2, -0.15) is 0 Å². The van der Waals surface area contributed by atoms with Crippen molar-refractivity contribution in [3.8, 4) is 0 Å². The Bertz CT molecular complexity index is 402. The molecule has 0 aromatic heterocycles. The van der Waals surface area contributed by atoms with Crippen LogP contribution in [0.5, 0.6) is 0 Å². The number of rotatable bonds is 3. The molecule has 0 amide bonds. The van der Waals surface area contributed by atoms with Crippen LogP contribution in [-0.2, 0) is 6.32 Å². The molecule has 16 heavy (non-hydrogen) atoms. The van der Waals surface area contributed by atoms with E-state index in [1.165, 1.54) is 6.07 Å². The summed E-state index contributed by atoms with van der Waals surface area (Å²) in [6.07, 6.45) is -1.23. The number of halogens is 4. The van der Waals surface area contributed by atoms with Gasteiger partial charge in [0.1, 0.15) is 0 Å². The maximum atomic E-state index is 12.1. The number of hydrogen-bond acceptors (Lipinski definition) is 2. The van der Waals surface area contributed by atoms with Crippen molar-refractivity contribution in [2.75, 3.05) is 0 Å². The molecule has 0 atom stereocenters. The van der Waals surface area contributed by atoms with E-state index in [4.69, 9.17) is 0 Å². The fourth-order valence-electron chi connectivity index (χ4n) is 1.13. The summed E-state index contributed by atoms with van der Waals surface area (Å²) in [5, 5.41) is 10.5. The molecule has 0 saturated heterocycles. The Morgan fingerprint density at radius 3 is 2.38 bits per heavy atom. The van der Waals surface area contributed by atoms with Crippen LogP contribution in [0.25, 0.3) is 0 Å². The Kier molecular flexibility index (Phi) is 6.74. The summed E-state index contributed by atoms with van der Waals surface area (Å²) in [4.78, 5) is 9.67. The van der Waals surface area contributed by atoms with E-state index in [0.29, 0.717) is 4.47 Å². The summed E-state index contributed by atoms with van der Waals surface area (Å²) < 4.78 is 36.7. The van der Waals surface area contributed by atoms with Crippen LogP contribution in [0.15, 0.2) is 22.7 Å². The van der Waals surface area contributed by atoms with Crippen LogP contribution in [0.3, 0.4) is 0 Å². The molecule has 1 rings (SSSR count). The molecule has 0 spiro atoms. The van der Waals surface area contributed by atoms with E-state index in [2.05, 4.69) is 15.9 Å². The molecule has 82 valence electrons. The molecule has 0 radical (unpaired) electrons. The molecule has 9 heteroatoms. The van der Waals surface area contributed by atoms with Crippen LogP contribution in [0.4, 0.5) is 18.6 Å². The number of benzene rings is 1. The second kappa shape index (κ2) is 6.50. The number of hydrogen-bond donors (Lipinski definition) is 0. The van der Waals surface area contributed by atoms with Gasteiger partial charge in [-0.25, -0.2) is 0 Å². The van der Waals surface area contributed by atoms with Gasteiger partial charge >= 0.3 is 58.4 Å². The third-order valence-corrected chi connectivity index (χ3v) is 2.19. The fraction of sp³-hybridized carbons (Fsp3) is 0.143. The zero-order valence-corrected chi connectivity index (χ0v) is 13.0. The predicted octanol–water partition coefficient (Wildman–Crippen LogP) is 0.290. The molecule has 0 aliphatic heterocycles. The molecule has 0 saturated carbocycles. The predicted molar refractivity (Wildman–Crippen MR) is 53.6 cm³/mol. The standard InChI is InChI=1S/C7H5BBrF3NO2.K/c9-6-2-1-5(4-8(10,11)12)7(3-6)13(14)15;/h1-3H,4H2;/q-1;+1. The molecule has 1 aromatic rings. The molecule has 1 aromatic carbocycles. The van der Waals surface area contributed by atoms with E-state index < -0.39 is 23.9 Å². The SMILES string of the molecule is O=[N+]([O-])c1cc(Br)ccc1C[B-](F)(F)F.[K+]. The van der Waals surface area contributed by atoms with E-state index in [-0.39, 0.29) is 56.9 Å². The molecule has 0 N–H and O–H groups in total. The first kappa shape index (κ1) is 16.6. The van der Waals surface area contributed by atoms with E-state index in [0.717, 1.165) is 12.1 Å². The summed E-state index contributed by atoms with van der Waals surface area (Å²) in [7, 11) is 0. The van der Waals surface area contributed by atoms with Crippen LogP contribution in [0.2, 0.25) is 0 Å². The van der Waals surface area contributed by atoms with Crippen molar-refractivity contribution in [2.24, 2.45) is 0 Å². The van der Waals surface area contributed by atoms with E-state index in [9.17, 15) is 23.1 Å². The van der Waals surface area contributed by atoms with Crippen LogP contribution in [-0.4, -0.2) is 11.9 Å². The smallest absolute Gasteiger partial charge is 0.449 e. The largest absolute Gasteiger partial charge is 1.00 e. The number of nitrogens with zero attached hydrogens (tertiary/aromatic N) is 1. The zero-order valence-electron chi connectivity index (χ0n) is 8.29. The van der Waals surface area contributed by atoms with E-state index in [1.54, 1.807) is 0 Å². The number of nitro groups is 1. The first-order chi connectivity index (χ1) is 6.79. The van der Waals surface area contributed by atoms with Gasteiger partial charge in [0.05, 0.1) is 4.92 Å². The van der Waals surface area contributed by atoms with E-state index >= 15 is 0 Å².